The van der Waals surface area contributed by atoms with Crippen molar-refractivity contribution >= 4 is 18.7 Å². The van der Waals surface area contributed by atoms with Crippen molar-refractivity contribution in [2.75, 3.05) is 119 Å². The average Bonchev–Trinajstić information content (AvgIpc) is 3.16. The molecule has 0 bridgehead atoms. The molecule has 0 unspecified atom stereocenters. The van der Waals surface area contributed by atoms with Gasteiger partial charge in [0.25, 0.3) is 8.32 Å². The molecule has 0 aliphatic heterocycles. The van der Waals surface area contributed by atoms with E-state index in [4.69, 9.17) is 47.1 Å². The number of hydrogen-bond acceptors (Lipinski definition) is 10. The first kappa shape index (κ1) is 43.9. The van der Waals surface area contributed by atoms with Gasteiger partial charge < -0.3 is 47.1 Å². The molecule has 0 radical (unpaired) electrons. The van der Waals surface area contributed by atoms with Gasteiger partial charge in [-0.3, -0.25) is 0 Å². The van der Waals surface area contributed by atoms with Crippen LogP contribution in [0.5, 0.6) is 0 Å². The molecule has 3 rings (SSSR count). The van der Waals surface area contributed by atoms with Crippen molar-refractivity contribution < 1.29 is 47.1 Å². The minimum Gasteiger partial charge on any atom is -0.405 e. The predicted octanol–water partition coefficient (Wildman–Crippen LogP) is 4.91. The van der Waals surface area contributed by atoms with Crippen LogP contribution in [-0.2, 0) is 53.7 Å². The summed E-state index contributed by atoms with van der Waals surface area (Å²) in [7, 11) is -2.54. The van der Waals surface area contributed by atoms with Crippen molar-refractivity contribution in [3.63, 3.8) is 0 Å². The highest BCUT2D eigenvalue weighted by Gasteiger charge is 2.50. The van der Waals surface area contributed by atoms with Crippen LogP contribution < -0.4 is 10.4 Å². The molecule has 0 amide bonds. The molecule has 0 heterocycles. The molecule has 52 heavy (non-hydrogen) atoms. The lowest BCUT2D eigenvalue weighted by atomic mass is 10.2. The lowest BCUT2D eigenvalue weighted by Gasteiger charge is -2.43. The van der Waals surface area contributed by atoms with Crippen molar-refractivity contribution in [1.82, 2.24) is 0 Å². The summed E-state index contributed by atoms with van der Waals surface area (Å²) in [6, 6.07) is 31.4. The summed E-state index contributed by atoms with van der Waals surface area (Å²) >= 11 is 0. The Kier molecular flexibility index (Phi) is 23.6. The van der Waals surface area contributed by atoms with Crippen LogP contribution in [0.4, 0.5) is 0 Å². The molecule has 0 spiro atoms. The van der Waals surface area contributed by atoms with E-state index in [-0.39, 0.29) is 5.04 Å². The summed E-state index contributed by atoms with van der Waals surface area (Å²) in [6.45, 7) is 16.8. The zero-order valence-corrected chi connectivity index (χ0v) is 32.7. The SMILES string of the molecule is CC(C)(C)[Si](OCCOCCOCCOCCOCCOCCOCCOCCOCCOCc1ccccc1)(c1ccccc1)c1ccccc1. The van der Waals surface area contributed by atoms with Gasteiger partial charge in [-0.05, 0) is 21.0 Å². The fourth-order valence-corrected chi connectivity index (χ4v) is 10.1. The van der Waals surface area contributed by atoms with E-state index in [0.717, 1.165) is 5.56 Å². The number of ether oxygens (including phenoxy) is 9. The molecule has 0 aromatic heterocycles. The summed E-state index contributed by atoms with van der Waals surface area (Å²) in [5.41, 5.74) is 1.16. The third kappa shape index (κ3) is 18.0. The molecule has 0 N–H and O–H groups in total. The van der Waals surface area contributed by atoms with Crippen LogP contribution in [0.25, 0.3) is 0 Å². The first-order chi connectivity index (χ1) is 25.5. The van der Waals surface area contributed by atoms with Gasteiger partial charge in [0.05, 0.1) is 126 Å². The van der Waals surface area contributed by atoms with Gasteiger partial charge in [-0.1, -0.05) is 112 Å². The van der Waals surface area contributed by atoms with Gasteiger partial charge in [-0.25, -0.2) is 0 Å². The first-order valence-electron chi connectivity index (χ1n) is 18.5. The van der Waals surface area contributed by atoms with Crippen LogP contribution in [-0.4, -0.2) is 127 Å². The van der Waals surface area contributed by atoms with E-state index in [0.29, 0.717) is 126 Å². The zero-order valence-electron chi connectivity index (χ0n) is 31.7. The van der Waals surface area contributed by atoms with E-state index in [2.05, 4.69) is 81.4 Å². The Morgan fingerprint density at radius 3 is 0.923 bits per heavy atom. The molecule has 0 saturated carbocycles. The molecule has 3 aromatic rings. The fraction of sp³-hybridized carbons (Fsp3) is 0.561. The Labute approximate surface area is 313 Å². The minimum atomic E-state index is -2.54. The van der Waals surface area contributed by atoms with Gasteiger partial charge in [-0.15, -0.1) is 0 Å². The van der Waals surface area contributed by atoms with Crippen LogP contribution in [0, 0.1) is 0 Å². The summed E-state index contributed by atoms with van der Waals surface area (Å²) in [5, 5.41) is 2.48. The molecular formula is C41H62O10Si. The van der Waals surface area contributed by atoms with Crippen molar-refractivity contribution in [3.05, 3.63) is 96.6 Å². The standard InChI is InChI=1S/C41H62O10Si/c1-41(2,3)52(39-15-9-5-10-16-39,40-17-11-6-12-18-40)51-36-35-49-32-31-47-28-27-45-24-23-43-20-19-42-21-22-44-25-26-46-29-30-48-33-34-50-37-38-13-7-4-8-14-38/h4-18H,19-37H2,1-3H3. The molecule has 10 nitrogen and oxygen atoms in total. The van der Waals surface area contributed by atoms with E-state index >= 15 is 0 Å². The Morgan fingerprint density at radius 2 is 0.615 bits per heavy atom. The monoisotopic (exact) mass is 742 g/mol. The predicted molar refractivity (Wildman–Crippen MR) is 206 cm³/mol. The lowest BCUT2D eigenvalue weighted by Crippen LogP contribution is -2.66. The van der Waals surface area contributed by atoms with Crippen LogP contribution >= 0.6 is 0 Å². The highest BCUT2D eigenvalue weighted by molar-refractivity contribution is 6.99. The van der Waals surface area contributed by atoms with Crippen molar-refractivity contribution in [2.24, 2.45) is 0 Å². The highest BCUT2D eigenvalue weighted by Crippen LogP contribution is 2.36. The van der Waals surface area contributed by atoms with Crippen LogP contribution in [0.15, 0.2) is 91.0 Å². The molecular weight excluding hydrogens is 681 g/mol. The van der Waals surface area contributed by atoms with Gasteiger partial charge in [-0.2, -0.15) is 0 Å². The van der Waals surface area contributed by atoms with Crippen LogP contribution in [0.1, 0.15) is 26.3 Å². The van der Waals surface area contributed by atoms with Crippen LogP contribution in [0.2, 0.25) is 5.04 Å². The second-order valence-electron chi connectivity index (χ2n) is 12.9. The third-order valence-corrected chi connectivity index (χ3v) is 13.1. The molecule has 0 fully saturated rings. The van der Waals surface area contributed by atoms with E-state index < -0.39 is 8.32 Å². The largest absolute Gasteiger partial charge is 0.405 e. The van der Waals surface area contributed by atoms with Gasteiger partial charge in [0.1, 0.15) is 0 Å². The van der Waals surface area contributed by atoms with Gasteiger partial charge >= 0.3 is 0 Å². The summed E-state index contributed by atoms with van der Waals surface area (Å²) in [4.78, 5) is 0. The maximum absolute atomic E-state index is 6.85. The third-order valence-electron chi connectivity index (χ3n) is 8.05. The number of hydrogen-bond donors (Lipinski definition) is 0. The van der Waals surface area contributed by atoms with Gasteiger partial charge in [0.2, 0.25) is 0 Å². The van der Waals surface area contributed by atoms with Crippen LogP contribution in [0.3, 0.4) is 0 Å². The summed E-state index contributed by atoms with van der Waals surface area (Å²) < 4.78 is 57.1. The Balaban J connectivity index is 1.04. The number of benzene rings is 3. The summed E-state index contributed by atoms with van der Waals surface area (Å²) in [5.74, 6) is 0. The van der Waals surface area contributed by atoms with E-state index in [1.165, 1.54) is 10.4 Å². The average molecular weight is 743 g/mol. The Morgan fingerprint density at radius 1 is 0.346 bits per heavy atom. The maximum atomic E-state index is 6.85. The smallest absolute Gasteiger partial charge is 0.261 e. The molecule has 290 valence electrons. The minimum absolute atomic E-state index is 0.0543. The molecule has 0 aliphatic rings. The van der Waals surface area contributed by atoms with Crippen molar-refractivity contribution in [3.8, 4) is 0 Å². The van der Waals surface area contributed by atoms with Crippen molar-refractivity contribution in [1.29, 1.82) is 0 Å². The molecule has 0 aliphatic carbocycles. The topological polar surface area (TPSA) is 92.3 Å². The Hall–Kier alpha value is -2.52. The maximum Gasteiger partial charge on any atom is 0.261 e. The second-order valence-corrected chi connectivity index (χ2v) is 17.3. The van der Waals surface area contributed by atoms with Gasteiger partial charge in [0.15, 0.2) is 0 Å². The highest BCUT2D eigenvalue weighted by atomic mass is 28.4. The second kappa shape index (κ2) is 28.0. The normalized spacial score (nSPS) is 12.1. The number of rotatable bonds is 32. The van der Waals surface area contributed by atoms with E-state index in [9.17, 15) is 0 Å². The molecule has 3 aromatic carbocycles. The van der Waals surface area contributed by atoms with E-state index in [1.54, 1.807) is 0 Å². The van der Waals surface area contributed by atoms with Gasteiger partial charge in [0, 0.05) is 0 Å². The first-order valence-corrected chi connectivity index (χ1v) is 20.4. The fourth-order valence-electron chi connectivity index (χ4n) is 5.54. The lowest BCUT2D eigenvalue weighted by molar-refractivity contribution is -0.0257. The zero-order chi connectivity index (χ0) is 36.8. The van der Waals surface area contributed by atoms with E-state index in [1.807, 2.05) is 30.3 Å². The quantitative estimate of drug-likeness (QED) is 0.0650. The molecule has 0 atom stereocenters. The Bertz CT molecular complexity index is 1190. The molecule has 0 saturated heterocycles. The molecule has 11 heteroatoms. The summed E-state index contributed by atoms with van der Waals surface area (Å²) in [6.07, 6.45) is 0. The van der Waals surface area contributed by atoms with Crippen molar-refractivity contribution in [2.45, 2.75) is 32.4 Å².